The van der Waals surface area contributed by atoms with Crippen molar-refractivity contribution < 1.29 is 18.9 Å². The molecule has 142 valence electrons. The summed E-state index contributed by atoms with van der Waals surface area (Å²) in [5, 5.41) is 16.5. The van der Waals surface area contributed by atoms with E-state index in [-0.39, 0.29) is 28.7 Å². The zero-order valence-electron chi connectivity index (χ0n) is 15.0. The van der Waals surface area contributed by atoms with Gasteiger partial charge in [0.2, 0.25) is 5.91 Å². The van der Waals surface area contributed by atoms with Gasteiger partial charge in [-0.1, -0.05) is 25.1 Å². The van der Waals surface area contributed by atoms with Crippen LogP contribution < -0.4 is 10.6 Å². The number of carbonyl (C=O) groups excluding carboxylic acids is 2. The maximum Gasteiger partial charge on any atom is 0.291 e. The van der Waals surface area contributed by atoms with Crippen LogP contribution in [0.4, 0.5) is 17.1 Å². The fourth-order valence-corrected chi connectivity index (χ4v) is 2.56. The van der Waals surface area contributed by atoms with Gasteiger partial charge >= 0.3 is 0 Å². The first kappa shape index (κ1) is 18.8. The highest BCUT2D eigenvalue weighted by molar-refractivity contribution is 6.03. The third-order valence-corrected chi connectivity index (χ3v) is 3.92. The van der Waals surface area contributed by atoms with Crippen LogP contribution in [-0.4, -0.2) is 16.7 Å². The SMILES string of the molecule is CCC(=O)Nc1cccc(NC(=O)c2ccc(-c3ccccc3[N+](=O)[O-])o2)c1. The number of amides is 2. The van der Waals surface area contributed by atoms with Crippen LogP contribution in [0.15, 0.2) is 65.1 Å². The standard InChI is InChI=1S/C20H17N3O5/c1-2-19(24)21-13-6-5-7-14(12-13)22-20(25)18-11-10-17(28-18)15-8-3-4-9-16(15)23(26)27/h3-12H,2H2,1H3,(H,21,24)(H,22,25). The van der Waals surface area contributed by atoms with Crippen LogP contribution in [0.5, 0.6) is 0 Å². The maximum absolute atomic E-state index is 12.4. The maximum atomic E-state index is 12.4. The van der Waals surface area contributed by atoms with E-state index in [2.05, 4.69) is 10.6 Å². The van der Waals surface area contributed by atoms with Gasteiger partial charge < -0.3 is 15.1 Å². The fourth-order valence-electron chi connectivity index (χ4n) is 2.56. The number of anilines is 2. The summed E-state index contributed by atoms with van der Waals surface area (Å²) < 4.78 is 5.52. The van der Waals surface area contributed by atoms with Crippen LogP contribution in [0.25, 0.3) is 11.3 Å². The molecule has 0 saturated heterocycles. The van der Waals surface area contributed by atoms with Crippen molar-refractivity contribution in [2.75, 3.05) is 10.6 Å². The fraction of sp³-hybridized carbons (Fsp3) is 0.100. The molecular formula is C20H17N3O5. The molecule has 0 aliphatic rings. The summed E-state index contributed by atoms with van der Waals surface area (Å²) in [4.78, 5) is 34.6. The van der Waals surface area contributed by atoms with E-state index in [0.717, 1.165) is 0 Å². The molecule has 0 aliphatic carbocycles. The van der Waals surface area contributed by atoms with Crippen LogP contribution in [0, 0.1) is 10.1 Å². The first-order chi connectivity index (χ1) is 13.5. The van der Waals surface area contributed by atoms with Crippen LogP contribution in [-0.2, 0) is 4.79 Å². The van der Waals surface area contributed by atoms with E-state index in [1.807, 2.05) is 0 Å². The van der Waals surface area contributed by atoms with Gasteiger partial charge in [-0.05, 0) is 36.4 Å². The molecule has 0 radical (unpaired) electrons. The predicted octanol–water partition coefficient (Wildman–Crippen LogP) is 4.46. The highest BCUT2D eigenvalue weighted by atomic mass is 16.6. The van der Waals surface area contributed by atoms with Crippen molar-refractivity contribution in [3.05, 3.63) is 76.5 Å². The van der Waals surface area contributed by atoms with Crippen LogP contribution >= 0.6 is 0 Å². The van der Waals surface area contributed by atoms with Crippen molar-refractivity contribution >= 4 is 28.9 Å². The highest BCUT2D eigenvalue weighted by Gasteiger charge is 2.19. The summed E-state index contributed by atoms with van der Waals surface area (Å²) in [7, 11) is 0. The predicted molar refractivity (Wildman–Crippen MR) is 104 cm³/mol. The van der Waals surface area contributed by atoms with E-state index in [0.29, 0.717) is 17.8 Å². The zero-order chi connectivity index (χ0) is 20.1. The van der Waals surface area contributed by atoms with Crippen LogP contribution in [0.1, 0.15) is 23.9 Å². The lowest BCUT2D eigenvalue weighted by molar-refractivity contribution is -0.384. The Kier molecular flexibility index (Phi) is 5.50. The number of nitrogens with zero attached hydrogens (tertiary/aromatic N) is 1. The Bertz CT molecular complexity index is 1040. The number of para-hydroxylation sites is 1. The molecule has 0 saturated carbocycles. The first-order valence-corrected chi connectivity index (χ1v) is 8.53. The number of carbonyl (C=O) groups is 2. The molecule has 0 unspecified atom stereocenters. The Labute approximate surface area is 160 Å². The molecule has 0 fully saturated rings. The molecular weight excluding hydrogens is 362 g/mol. The summed E-state index contributed by atoms with van der Waals surface area (Å²) in [6.45, 7) is 1.74. The Morgan fingerprint density at radius 1 is 1.00 bits per heavy atom. The van der Waals surface area contributed by atoms with Crippen LogP contribution in [0.2, 0.25) is 0 Å². The third kappa shape index (κ3) is 4.24. The number of nitro benzene ring substituents is 1. The Morgan fingerprint density at radius 2 is 1.71 bits per heavy atom. The smallest absolute Gasteiger partial charge is 0.291 e. The number of benzene rings is 2. The molecule has 0 bridgehead atoms. The second kappa shape index (κ2) is 8.17. The van der Waals surface area contributed by atoms with E-state index < -0.39 is 10.8 Å². The number of nitrogens with one attached hydrogen (secondary N) is 2. The quantitative estimate of drug-likeness (QED) is 0.485. The summed E-state index contributed by atoms with van der Waals surface area (Å²) >= 11 is 0. The number of hydrogen-bond donors (Lipinski definition) is 2. The van der Waals surface area contributed by atoms with Gasteiger partial charge in [-0.15, -0.1) is 0 Å². The van der Waals surface area contributed by atoms with Gasteiger partial charge in [0, 0.05) is 23.9 Å². The van der Waals surface area contributed by atoms with Crippen molar-refractivity contribution in [2.45, 2.75) is 13.3 Å². The topological polar surface area (TPSA) is 114 Å². The minimum absolute atomic E-state index is 0.0103. The molecule has 3 aromatic rings. The Morgan fingerprint density at radius 3 is 2.43 bits per heavy atom. The summed E-state index contributed by atoms with van der Waals surface area (Å²) in [5.74, 6) is -0.412. The second-order valence-electron chi connectivity index (χ2n) is 5.87. The third-order valence-electron chi connectivity index (χ3n) is 3.92. The molecule has 0 spiro atoms. The lowest BCUT2D eigenvalue weighted by atomic mass is 10.1. The first-order valence-electron chi connectivity index (χ1n) is 8.53. The Balaban J connectivity index is 1.78. The lowest BCUT2D eigenvalue weighted by Gasteiger charge is -2.07. The molecule has 8 nitrogen and oxygen atoms in total. The number of rotatable bonds is 6. The monoisotopic (exact) mass is 379 g/mol. The van der Waals surface area contributed by atoms with E-state index in [9.17, 15) is 19.7 Å². The van der Waals surface area contributed by atoms with Crippen molar-refractivity contribution in [3.63, 3.8) is 0 Å². The van der Waals surface area contributed by atoms with Gasteiger partial charge in [-0.3, -0.25) is 19.7 Å². The van der Waals surface area contributed by atoms with Crippen molar-refractivity contribution in [2.24, 2.45) is 0 Å². The summed E-state index contributed by atoms with van der Waals surface area (Å²) in [6, 6.07) is 15.8. The molecule has 28 heavy (non-hydrogen) atoms. The highest BCUT2D eigenvalue weighted by Crippen LogP contribution is 2.31. The minimum Gasteiger partial charge on any atom is -0.451 e. The number of hydrogen-bond acceptors (Lipinski definition) is 5. The van der Waals surface area contributed by atoms with Crippen LogP contribution in [0.3, 0.4) is 0 Å². The van der Waals surface area contributed by atoms with E-state index in [1.54, 1.807) is 49.4 Å². The second-order valence-corrected chi connectivity index (χ2v) is 5.87. The van der Waals surface area contributed by atoms with Crippen molar-refractivity contribution in [1.82, 2.24) is 0 Å². The van der Waals surface area contributed by atoms with E-state index in [1.165, 1.54) is 18.2 Å². The van der Waals surface area contributed by atoms with Gasteiger partial charge in [0.15, 0.2) is 5.76 Å². The van der Waals surface area contributed by atoms with Gasteiger partial charge in [-0.25, -0.2) is 0 Å². The molecule has 0 aliphatic heterocycles. The number of nitro groups is 1. The normalized spacial score (nSPS) is 10.3. The number of furan rings is 1. The summed E-state index contributed by atoms with van der Waals surface area (Å²) in [5.41, 5.74) is 1.21. The molecule has 2 amide bonds. The average molecular weight is 379 g/mol. The van der Waals surface area contributed by atoms with Gasteiger partial charge in [-0.2, -0.15) is 0 Å². The van der Waals surface area contributed by atoms with Gasteiger partial charge in [0.1, 0.15) is 5.76 Å². The van der Waals surface area contributed by atoms with Crippen molar-refractivity contribution in [1.29, 1.82) is 0 Å². The van der Waals surface area contributed by atoms with E-state index >= 15 is 0 Å². The lowest BCUT2D eigenvalue weighted by Crippen LogP contribution is -2.12. The molecule has 1 aromatic heterocycles. The van der Waals surface area contributed by atoms with Crippen molar-refractivity contribution in [3.8, 4) is 11.3 Å². The average Bonchev–Trinajstić information content (AvgIpc) is 3.18. The largest absolute Gasteiger partial charge is 0.451 e. The molecule has 2 aromatic carbocycles. The summed E-state index contributed by atoms with van der Waals surface area (Å²) in [6.07, 6.45) is 0.345. The van der Waals surface area contributed by atoms with Gasteiger partial charge in [0.05, 0.1) is 10.5 Å². The minimum atomic E-state index is -0.510. The molecule has 2 N–H and O–H groups in total. The van der Waals surface area contributed by atoms with Gasteiger partial charge in [0.25, 0.3) is 11.6 Å². The molecule has 3 rings (SSSR count). The molecule has 0 atom stereocenters. The van der Waals surface area contributed by atoms with E-state index in [4.69, 9.17) is 4.42 Å². The zero-order valence-corrected chi connectivity index (χ0v) is 15.0. The molecule has 8 heteroatoms. The molecule has 1 heterocycles. The Hall–Kier alpha value is -3.94.